The number of carbonyl (C=O) groups is 3. The van der Waals surface area contributed by atoms with Gasteiger partial charge in [0.25, 0.3) is 0 Å². The first-order valence-corrected chi connectivity index (χ1v) is 15.2. The molecule has 0 rings (SSSR count). The number of nitrogens with zero attached hydrogens (tertiary/aromatic N) is 1. The van der Waals surface area contributed by atoms with E-state index in [0.717, 1.165) is 51.4 Å². The summed E-state index contributed by atoms with van der Waals surface area (Å²) in [5.74, 6) is -2.31. The summed E-state index contributed by atoms with van der Waals surface area (Å²) in [4.78, 5) is 36.1. The molecule has 0 N–H and O–H groups in total. The van der Waals surface area contributed by atoms with Crippen LogP contribution in [-0.4, -0.2) is 82.3 Å². The van der Waals surface area contributed by atoms with Gasteiger partial charge >= 0.3 is 11.9 Å². The summed E-state index contributed by atoms with van der Waals surface area (Å²) < 4.78 is 22.1. The molecule has 0 saturated carbocycles. The molecule has 0 radical (unpaired) electrons. The number of carboxylic acid groups (broad SMARTS) is 1. The van der Waals surface area contributed by atoms with E-state index in [2.05, 4.69) is 13.8 Å². The number of aliphatic carboxylic acids is 1. The Kier molecular flexibility index (Phi) is 23.1. The van der Waals surface area contributed by atoms with E-state index >= 15 is 0 Å². The second-order valence-electron chi connectivity index (χ2n) is 11.4. The normalized spacial score (nSPS) is 13.2. The Balaban J connectivity index is 4.65. The fourth-order valence-corrected chi connectivity index (χ4v) is 3.88. The predicted octanol–water partition coefficient (Wildman–Crippen LogP) is 4.54. The van der Waals surface area contributed by atoms with Crippen LogP contribution in [0.25, 0.3) is 0 Å². The average Bonchev–Trinajstić information content (AvgIpc) is 2.87. The highest BCUT2D eigenvalue weighted by Crippen LogP contribution is 2.12. The summed E-state index contributed by atoms with van der Waals surface area (Å²) in [6.07, 6.45) is 13.3. The third-order valence-corrected chi connectivity index (χ3v) is 6.35. The van der Waals surface area contributed by atoms with E-state index in [9.17, 15) is 19.5 Å². The van der Waals surface area contributed by atoms with Crippen molar-refractivity contribution in [3.63, 3.8) is 0 Å². The lowest BCUT2D eigenvalue weighted by Crippen LogP contribution is -2.44. The molecule has 0 saturated heterocycles. The van der Waals surface area contributed by atoms with Gasteiger partial charge in [0.2, 0.25) is 0 Å². The van der Waals surface area contributed by atoms with Crippen molar-refractivity contribution in [2.75, 3.05) is 47.5 Å². The summed E-state index contributed by atoms with van der Waals surface area (Å²) in [6.45, 7) is 4.58. The molecule has 230 valence electrons. The monoisotopic (exact) mass is 559 g/mol. The molecule has 0 aliphatic rings. The van der Waals surface area contributed by atoms with Gasteiger partial charge in [-0.05, 0) is 12.8 Å². The van der Waals surface area contributed by atoms with Crippen molar-refractivity contribution in [2.45, 2.75) is 129 Å². The van der Waals surface area contributed by atoms with Crippen molar-refractivity contribution >= 4 is 17.9 Å². The van der Waals surface area contributed by atoms with E-state index in [0.29, 0.717) is 17.4 Å². The molecule has 2 atom stereocenters. The van der Waals surface area contributed by atoms with Crippen LogP contribution in [0.15, 0.2) is 0 Å². The van der Waals surface area contributed by atoms with Crippen LogP contribution < -0.4 is 5.11 Å². The Hall–Kier alpha value is -1.71. The second-order valence-corrected chi connectivity index (χ2v) is 11.4. The van der Waals surface area contributed by atoms with Crippen molar-refractivity contribution in [3.05, 3.63) is 0 Å². The number of hydrogen-bond donors (Lipinski definition) is 0. The minimum atomic E-state index is -1.61. The number of carboxylic acids is 1. The van der Waals surface area contributed by atoms with Gasteiger partial charge in [0.15, 0.2) is 12.4 Å². The van der Waals surface area contributed by atoms with E-state index in [1.54, 1.807) is 0 Å². The first-order chi connectivity index (χ1) is 18.6. The molecule has 0 aromatic rings. The Morgan fingerprint density at radius 2 is 1.15 bits per heavy atom. The molecule has 0 fully saturated rings. The van der Waals surface area contributed by atoms with Crippen LogP contribution in [0, 0.1) is 0 Å². The number of carbonyl (C=O) groups excluding carboxylic acids is 3. The minimum absolute atomic E-state index is 0.151. The molecule has 0 aliphatic carbocycles. The van der Waals surface area contributed by atoms with Crippen LogP contribution in [0.5, 0.6) is 0 Å². The number of ether oxygens (including phenoxy) is 4. The first kappa shape index (κ1) is 37.3. The molecule has 2 unspecified atom stereocenters. The van der Waals surface area contributed by atoms with E-state index in [1.165, 1.54) is 38.5 Å². The Labute approximate surface area is 237 Å². The van der Waals surface area contributed by atoms with Gasteiger partial charge in [0.05, 0.1) is 40.3 Å². The topological polar surface area (TPSA) is 111 Å². The first-order valence-electron chi connectivity index (χ1n) is 15.2. The van der Waals surface area contributed by atoms with Crippen molar-refractivity contribution < 1.29 is 42.9 Å². The highest BCUT2D eigenvalue weighted by atomic mass is 16.7. The zero-order chi connectivity index (χ0) is 29.4. The third-order valence-electron chi connectivity index (χ3n) is 6.35. The van der Waals surface area contributed by atoms with E-state index in [1.807, 2.05) is 21.1 Å². The molecule has 0 amide bonds. The van der Waals surface area contributed by atoms with Crippen LogP contribution >= 0.6 is 0 Å². The predicted molar refractivity (Wildman–Crippen MR) is 150 cm³/mol. The van der Waals surface area contributed by atoms with Gasteiger partial charge in [-0.25, -0.2) is 0 Å². The number of unbranched alkanes of at least 4 members (excludes halogenated alkanes) is 12. The van der Waals surface area contributed by atoms with Gasteiger partial charge in [0, 0.05) is 12.8 Å². The standard InChI is InChI=1S/C30H57NO8/c1-6-8-10-12-13-14-15-17-19-21-28(33)39-26(24-37-27(32)20-18-16-11-9-7-2)25-38-30(29(34)35)36-23-22-31(3,4)5/h26,30H,6-25H2,1-5H3. The summed E-state index contributed by atoms with van der Waals surface area (Å²) in [5.41, 5.74) is 0. The van der Waals surface area contributed by atoms with Crippen molar-refractivity contribution in [2.24, 2.45) is 0 Å². The van der Waals surface area contributed by atoms with E-state index in [-0.39, 0.29) is 32.2 Å². The molecule has 39 heavy (non-hydrogen) atoms. The average molecular weight is 560 g/mol. The van der Waals surface area contributed by atoms with Crippen molar-refractivity contribution in [1.82, 2.24) is 0 Å². The molecule has 0 aromatic heterocycles. The number of likely N-dealkylation sites (N-methyl/N-ethyl adjacent to an activating group) is 1. The van der Waals surface area contributed by atoms with Gasteiger partial charge in [-0.2, -0.15) is 0 Å². The smallest absolute Gasteiger partial charge is 0.306 e. The van der Waals surface area contributed by atoms with Gasteiger partial charge in [-0.15, -0.1) is 0 Å². The Morgan fingerprint density at radius 3 is 1.64 bits per heavy atom. The number of esters is 2. The van der Waals surface area contributed by atoms with Crippen LogP contribution in [-0.2, 0) is 33.3 Å². The highest BCUT2D eigenvalue weighted by molar-refractivity contribution is 5.70. The highest BCUT2D eigenvalue weighted by Gasteiger charge is 2.21. The maximum absolute atomic E-state index is 12.5. The lowest BCUT2D eigenvalue weighted by Gasteiger charge is -2.26. The van der Waals surface area contributed by atoms with Crippen LogP contribution in [0.3, 0.4) is 0 Å². The summed E-state index contributed by atoms with van der Waals surface area (Å²) in [5, 5.41) is 11.5. The number of rotatable bonds is 27. The van der Waals surface area contributed by atoms with Crippen molar-refractivity contribution in [1.29, 1.82) is 0 Å². The maximum Gasteiger partial charge on any atom is 0.306 e. The fraction of sp³-hybridized carbons (Fsp3) is 0.900. The number of hydrogen-bond acceptors (Lipinski definition) is 8. The number of quaternary nitrogens is 1. The molecule has 0 bridgehead atoms. The molecule has 9 heteroatoms. The molecule has 0 spiro atoms. The summed E-state index contributed by atoms with van der Waals surface area (Å²) >= 11 is 0. The fourth-order valence-electron chi connectivity index (χ4n) is 3.88. The van der Waals surface area contributed by atoms with E-state index < -0.39 is 24.3 Å². The molecule has 9 nitrogen and oxygen atoms in total. The molecule has 0 aliphatic heterocycles. The summed E-state index contributed by atoms with van der Waals surface area (Å²) in [7, 11) is 5.87. The molecular weight excluding hydrogens is 502 g/mol. The van der Waals surface area contributed by atoms with E-state index in [4.69, 9.17) is 18.9 Å². The lowest BCUT2D eigenvalue weighted by atomic mass is 10.1. The Morgan fingerprint density at radius 1 is 0.667 bits per heavy atom. The van der Waals surface area contributed by atoms with Gasteiger partial charge in [-0.1, -0.05) is 90.9 Å². The van der Waals surface area contributed by atoms with Crippen LogP contribution in [0.2, 0.25) is 0 Å². The largest absolute Gasteiger partial charge is 0.545 e. The van der Waals surface area contributed by atoms with Gasteiger partial charge in [-0.3, -0.25) is 9.59 Å². The summed E-state index contributed by atoms with van der Waals surface area (Å²) in [6, 6.07) is 0. The Bertz CT molecular complexity index is 635. The third kappa shape index (κ3) is 25.0. The van der Waals surface area contributed by atoms with Crippen LogP contribution in [0.4, 0.5) is 0 Å². The van der Waals surface area contributed by atoms with Gasteiger partial charge in [0.1, 0.15) is 13.2 Å². The zero-order valence-electron chi connectivity index (χ0n) is 25.5. The molecule has 0 aromatic carbocycles. The zero-order valence-corrected chi connectivity index (χ0v) is 25.5. The SMILES string of the molecule is CCCCCCCCCCCC(=O)OC(COC(=O)CCCCCCC)COC(OCC[N+](C)(C)C)C(=O)[O-]. The minimum Gasteiger partial charge on any atom is -0.545 e. The molecular formula is C30H57NO8. The maximum atomic E-state index is 12.5. The quantitative estimate of drug-likeness (QED) is 0.0624. The van der Waals surface area contributed by atoms with Crippen molar-refractivity contribution in [3.8, 4) is 0 Å². The second kappa shape index (κ2) is 24.1. The lowest BCUT2D eigenvalue weighted by molar-refractivity contribution is -0.870. The van der Waals surface area contributed by atoms with Crippen LogP contribution in [0.1, 0.15) is 117 Å². The van der Waals surface area contributed by atoms with Gasteiger partial charge < -0.3 is 33.3 Å². The molecule has 0 heterocycles.